The first-order valence-corrected chi connectivity index (χ1v) is 5.16. The predicted molar refractivity (Wildman–Crippen MR) is 58.6 cm³/mol. The molecule has 16 heavy (non-hydrogen) atoms. The van der Waals surface area contributed by atoms with Gasteiger partial charge in [0.2, 0.25) is 5.88 Å². The Morgan fingerprint density at radius 3 is 3.25 bits per heavy atom. The molecule has 1 aliphatic heterocycles. The molecule has 1 amide bonds. The van der Waals surface area contributed by atoms with Crippen LogP contribution in [0.1, 0.15) is 6.92 Å². The number of nitrogens with zero attached hydrogens (tertiary/aromatic N) is 2. The van der Waals surface area contributed by atoms with Crippen LogP contribution in [0.3, 0.4) is 0 Å². The molecule has 0 saturated carbocycles. The van der Waals surface area contributed by atoms with E-state index in [-0.39, 0.29) is 5.91 Å². The van der Waals surface area contributed by atoms with Crippen molar-refractivity contribution in [2.75, 3.05) is 25.2 Å². The molecule has 5 nitrogen and oxygen atoms in total. The lowest BCUT2D eigenvalue weighted by atomic mass is 10.2. The van der Waals surface area contributed by atoms with Crippen LogP contribution >= 0.6 is 0 Å². The number of carbonyl (C=O) groups is 1. The normalized spacial score (nSPS) is 16.2. The summed E-state index contributed by atoms with van der Waals surface area (Å²) in [6, 6.07) is 3.60. The summed E-state index contributed by atoms with van der Waals surface area (Å²) in [4.78, 5) is 17.7. The lowest BCUT2D eigenvalue weighted by molar-refractivity contribution is -0.127. The molecule has 1 unspecified atom stereocenters. The molecule has 0 aliphatic carbocycles. The topological polar surface area (TPSA) is 51.7 Å². The number of rotatable bonds is 2. The molecule has 0 spiro atoms. The van der Waals surface area contributed by atoms with E-state index in [0.29, 0.717) is 24.7 Å². The molecular weight excluding hydrogens is 208 g/mol. The Labute approximate surface area is 94.0 Å². The van der Waals surface area contributed by atoms with Gasteiger partial charge < -0.3 is 14.4 Å². The number of fused-ring (bicyclic) bond motifs is 1. The number of anilines is 1. The van der Waals surface area contributed by atoms with Crippen LogP contribution in [0.5, 0.6) is 5.88 Å². The van der Waals surface area contributed by atoms with Gasteiger partial charge in [0.25, 0.3) is 5.91 Å². The number of hydrogen-bond acceptors (Lipinski definition) is 4. The fourth-order valence-electron chi connectivity index (χ4n) is 1.60. The highest BCUT2D eigenvalue weighted by Gasteiger charge is 2.27. The second-order valence-corrected chi connectivity index (χ2v) is 3.54. The molecule has 86 valence electrons. The smallest absolute Gasteiger partial charge is 0.256 e. The van der Waals surface area contributed by atoms with Crippen LogP contribution in [0.15, 0.2) is 18.3 Å². The van der Waals surface area contributed by atoms with Crippen molar-refractivity contribution in [3.05, 3.63) is 18.3 Å². The van der Waals surface area contributed by atoms with E-state index in [2.05, 4.69) is 4.98 Å². The van der Waals surface area contributed by atoms with E-state index < -0.39 is 6.10 Å². The summed E-state index contributed by atoms with van der Waals surface area (Å²) < 4.78 is 10.4. The molecule has 0 bridgehead atoms. The third-order valence-corrected chi connectivity index (χ3v) is 2.56. The minimum atomic E-state index is -0.453. The Morgan fingerprint density at radius 1 is 1.69 bits per heavy atom. The van der Waals surface area contributed by atoms with Crippen molar-refractivity contribution in [1.82, 2.24) is 4.98 Å². The number of methoxy groups -OCH3 is 1. The average Bonchev–Trinajstić information content (AvgIpc) is 2.36. The van der Waals surface area contributed by atoms with E-state index in [1.165, 1.54) is 7.11 Å². The van der Waals surface area contributed by atoms with Crippen molar-refractivity contribution < 1.29 is 14.3 Å². The van der Waals surface area contributed by atoms with Gasteiger partial charge in [-0.15, -0.1) is 0 Å². The maximum atomic E-state index is 12.0. The van der Waals surface area contributed by atoms with E-state index in [4.69, 9.17) is 9.47 Å². The van der Waals surface area contributed by atoms with Gasteiger partial charge >= 0.3 is 0 Å². The molecule has 0 fully saturated rings. The minimum Gasteiger partial charge on any atom is -0.474 e. The number of hydrogen-bond donors (Lipinski definition) is 0. The first-order valence-electron chi connectivity index (χ1n) is 5.16. The van der Waals surface area contributed by atoms with Crippen LogP contribution in [0.25, 0.3) is 0 Å². The van der Waals surface area contributed by atoms with Gasteiger partial charge in [0.1, 0.15) is 18.4 Å². The summed E-state index contributed by atoms with van der Waals surface area (Å²) in [5, 5.41) is 0. The highest BCUT2D eigenvalue weighted by molar-refractivity contribution is 5.97. The summed E-state index contributed by atoms with van der Waals surface area (Å²) in [5.41, 5.74) is 0.711. The quantitative estimate of drug-likeness (QED) is 0.744. The molecule has 2 rings (SSSR count). The maximum Gasteiger partial charge on any atom is 0.256 e. The van der Waals surface area contributed by atoms with Crippen molar-refractivity contribution in [3.8, 4) is 5.88 Å². The van der Waals surface area contributed by atoms with Gasteiger partial charge in [-0.05, 0) is 19.1 Å². The summed E-state index contributed by atoms with van der Waals surface area (Å²) in [7, 11) is 1.52. The third-order valence-electron chi connectivity index (χ3n) is 2.56. The van der Waals surface area contributed by atoms with Gasteiger partial charge in [-0.2, -0.15) is 0 Å². The summed E-state index contributed by atoms with van der Waals surface area (Å²) in [6.45, 7) is 2.73. The summed E-state index contributed by atoms with van der Waals surface area (Å²) in [6.07, 6.45) is 1.19. The average molecular weight is 222 g/mol. The van der Waals surface area contributed by atoms with Crippen LogP contribution in [0.2, 0.25) is 0 Å². The Morgan fingerprint density at radius 2 is 2.50 bits per heavy atom. The van der Waals surface area contributed by atoms with E-state index in [1.54, 1.807) is 24.1 Å². The molecule has 0 radical (unpaired) electrons. The SMILES string of the molecule is COC(C)C(=O)N1CCOc2ncccc21. The number of pyridine rings is 1. The molecular formula is C11H14N2O3. The van der Waals surface area contributed by atoms with E-state index in [0.717, 1.165) is 0 Å². The van der Waals surface area contributed by atoms with Crippen LogP contribution in [0, 0.1) is 0 Å². The van der Waals surface area contributed by atoms with Crippen LogP contribution in [-0.4, -0.2) is 37.3 Å². The number of amides is 1. The standard InChI is InChI=1S/C11H14N2O3/c1-8(15-2)11(14)13-6-7-16-10-9(13)4-3-5-12-10/h3-5,8H,6-7H2,1-2H3. The first-order chi connectivity index (χ1) is 7.74. The van der Waals surface area contributed by atoms with Crippen molar-refractivity contribution in [3.63, 3.8) is 0 Å². The van der Waals surface area contributed by atoms with Gasteiger partial charge in [-0.25, -0.2) is 4.98 Å². The number of aromatic nitrogens is 1. The van der Waals surface area contributed by atoms with Crippen molar-refractivity contribution in [2.24, 2.45) is 0 Å². The van der Waals surface area contributed by atoms with E-state index in [9.17, 15) is 4.79 Å². The van der Waals surface area contributed by atoms with Gasteiger partial charge in [0, 0.05) is 13.3 Å². The van der Waals surface area contributed by atoms with Crippen LogP contribution < -0.4 is 9.64 Å². The minimum absolute atomic E-state index is 0.0694. The van der Waals surface area contributed by atoms with Gasteiger partial charge in [-0.1, -0.05) is 0 Å². The lowest BCUT2D eigenvalue weighted by Gasteiger charge is -2.29. The summed E-state index contributed by atoms with van der Waals surface area (Å²) in [5.74, 6) is 0.436. The van der Waals surface area contributed by atoms with Gasteiger partial charge in [-0.3, -0.25) is 4.79 Å². The monoisotopic (exact) mass is 222 g/mol. The largest absolute Gasteiger partial charge is 0.474 e. The molecule has 2 heterocycles. The zero-order valence-electron chi connectivity index (χ0n) is 9.34. The Kier molecular flexibility index (Phi) is 3.05. The molecule has 0 N–H and O–H groups in total. The fourth-order valence-corrected chi connectivity index (χ4v) is 1.60. The van der Waals surface area contributed by atoms with Crippen molar-refractivity contribution in [1.29, 1.82) is 0 Å². The van der Waals surface area contributed by atoms with E-state index >= 15 is 0 Å². The molecule has 1 aromatic heterocycles. The zero-order valence-corrected chi connectivity index (χ0v) is 9.34. The van der Waals surface area contributed by atoms with Gasteiger partial charge in [0.15, 0.2) is 0 Å². The number of carbonyl (C=O) groups excluding carboxylic acids is 1. The van der Waals surface area contributed by atoms with Crippen molar-refractivity contribution in [2.45, 2.75) is 13.0 Å². The van der Waals surface area contributed by atoms with Crippen LogP contribution in [0.4, 0.5) is 5.69 Å². The van der Waals surface area contributed by atoms with Crippen LogP contribution in [-0.2, 0) is 9.53 Å². The molecule has 0 aromatic carbocycles. The predicted octanol–water partition coefficient (Wildman–Crippen LogP) is 0.842. The second-order valence-electron chi connectivity index (χ2n) is 3.54. The fraction of sp³-hybridized carbons (Fsp3) is 0.455. The lowest BCUT2D eigenvalue weighted by Crippen LogP contribution is -2.43. The first kappa shape index (κ1) is 10.9. The Hall–Kier alpha value is -1.62. The zero-order chi connectivity index (χ0) is 11.5. The molecule has 0 saturated heterocycles. The summed E-state index contributed by atoms with van der Waals surface area (Å²) >= 11 is 0. The highest BCUT2D eigenvalue weighted by atomic mass is 16.5. The van der Waals surface area contributed by atoms with Crippen molar-refractivity contribution >= 4 is 11.6 Å². The highest BCUT2D eigenvalue weighted by Crippen LogP contribution is 2.29. The number of ether oxygens (including phenoxy) is 2. The third kappa shape index (κ3) is 1.86. The molecule has 5 heteroatoms. The Bertz CT molecular complexity index is 395. The second kappa shape index (κ2) is 4.49. The maximum absolute atomic E-state index is 12.0. The Balaban J connectivity index is 2.28. The van der Waals surface area contributed by atoms with E-state index in [1.807, 2.05) is 6.07 Å². The molecule has 1 atom stereocenters. The van der Waals surface area contributed by atoms with Gasteiger partial charge in [0.05, 0.1) is 6.54 Å². The molecule has 1 aliphatic rings. The molecule has 1 aromatic rings.